The summed E-state index contributed by atoms with van der Waals surface area (Å²) >= 11 is 0. The van der Waals surface area contributed by atoms with E-state index >= 15 is 0 Å². The molecular formula is C20H21F2N3O. The molecule has 1 atom stereocenters. The van der Waals surface area contributed by atoms with Crippen molar-refractivity contribution in [1.82, 2.24) is 4.90 Å². The van der Waals surface area contributed by atoms with Crippen LogP contribution in [0.3, 0.4) is 0 Å². The number of piperazine rings is 1. The molecule has 0 spiro atoms. The van der Waals surface area contributed by atoms with Gasteiger partial charge in [0.15, 0.2) is 11.6 Å². The van der Waals surface area contributed by atoms with Gasteiger partial charge in [-0.3, -0.25) is 4.90 Å². The van der Waals surface area contributed by atoms with Crippen molar-refractivity contribution in [3.8, 4) is 11.8 Å². The fourth-order valence-electron chi connectivity index (χ4n) is 3.38. The average molecular weight is 357 g/mol. The molecule has 0 saturated carbocycles. The third kappa shape index (κ3) is 3.63. The quantitative estimate of drug-likeness (QED) is 0.836. The second-order valence-corrected chi connectivity index (χ2v) is 6.38. The number of nitriles is 1. The van der Waals surface area contributed by atoms with Crippen molar-refractivity contribution in [2.45, 2.75) is 13.0 Å². The predicted molar refractivity (Wildman–Crippen MR) is 96.3 cm³/mol. The molecule has 1 unspecified atom stereocenters. The summed E-state index contributed by atoms with van der Waals surface area (Å²) in [5, 5.41) is 8.82. The highest BCUT2D eigenvalue weighted by molar-refractivity contribution is 5.53. The summed E-state index contributed by atoms with van der Waals surface area (Å²) in [6, 6.07) is 12.1. The average Bonchev–Trinajstić information content (AvgIpc) is 2.67. The highest BCUT2D eigenvalue weighted by Gasteiger charge is 2.26. The first-order chi connectivity index (χ1) is 12.5. The highest BCUT2D eigenvalue weighted by atomic mass is 19.1. The maximum Gasteiger partial charge on any atom is 0.150 e. The largest absolute Gasteiger partial charge is 0.497 e. The van der Waals surface area contributed by atoms with Gasteiger partial charge < -0.3 is 9.64 Å². The van der Waals surface area contributed by atoms with Gasteiger partial charge in [0.05, 0.1) is 18.7 Å². The lowest BCUT2D eigenvalue weighted by Crippen LogP contribution is -2.47. The summed E-state index contributed by atoms with van der Waals surface area (Å²) in [7, 11) is 1.64. The Labute approximate surface area is 152 Å². The third-order valence-corrected chi connectivity index (χ3v) is 4.90. The van der Waals surface area contributed by atoms with Crippen LogP contribution in [0, 0.1) is 23.0 Å². The first kappa shape index (κ1) is 18.2. The Balaban J connectivity index is 1.70. The molecular weight excluding hydrogens is 336 g/mol. The van der Waals surface area contributed by atoms with Gasteiger partial charge >= 0.3 is 0 Å². The maximum absolute atomic E-state index is 14.2. The second-order valence-electron chi connectivity index (χ2n) is 6.38. The van der Waals surface area contributed by atoms with Crippen molar-refractivity contribution in [3.63, 3.8) is 0 Å². The fraction of sp³-hybridized carbons (Fsp3) is 0.350. The number of nitrogens with zero attached hydrogens (tertiary/aromatic N) is 3. The molecule has 3 rings (SSSR count). The van der Waals surface area contributed by atoms with Gasteiger partial charge in [0.1, 0.15) is 11.4 Å². The number of ether oxygens (including phenoxy) is 1. The molecule has 1 heterocycles. The van der Waals surface area contributed by atoms with Crippen molar-refractivity contribution in [3.05, 3.63) is 59.2 Å². The molecule has 2 aromatic rings. The zero-order valence-electron chi connectivity index (χ0n) is 14.9. The SMILES string of the molecule is COc1cccc(C(C)N2CCN(c3c(F)cc(C#N)cc3F)CC2)c1. The molecule has 4 nitrogen and oxygen atoms in total. The minimum Gasteiger partial charge on any atom is -0.497 e. The summed E-state index contributed by atoms with van der Waals surface area (Å²) in [5.74, 6) is -0.554. The maximum atomic E-state index is 14.2. The monoisotopic (exact) mass is 357 g/mol. The van der Waals surface area contributed by atoms with Crippen LogP contribution < -0.4 is 9.64 Å². The van der Waals surface area contributed by atoms with E-state index in [4.69, 9.17) is 10.00 Å². The normalized spacial score (nSPS) is 16.2. The van der Waals surface area contributed by atoms with Crippen LogP contribution in [0.25, 0.3) is 0 Å². The van der Waals surface area contributed by atoms with Gasteiger partial charge in [0, 0.05) is 32.2 Å². The van der Waals surface area contributed by atoms with Crippen LogP contribution in [0.1, 0.15) is 24.1 Å². The lowest BCUT2D eigenvalue weighted by Gasteiger charge is -2.39. The molecule has 1 fully saturated rings. The van der Waals surface area contributed by atoms with E-state index < -0.39 is 11.6 Å². The molecule has 0 aliphatic carbocycles. The van der Waals surface area contributed by atoms with E-state index in [-0.39, 0.29) is 17.3 Å². The van der Waals surface area contributed by atoms with Crippen LogP contribution in [0.15, 0.2) is 36.4 Å². The van der Waals surface area contributed by atoms with Gasteiger partial charge in [-0.25, -0.2) is 8.78 Å². The molecule has 0 N–H and O–H groups in total. The van der Waals surface area contributed by atoms with Crippen molar-refractivity contribution in [1.29, 1.82) is 5.26 Å². The predicted octanol–water partition coefficient (Wildman–Crippen LogP) is 3.73. The fourth-order valence-corrected chi connectivity index (χ4v) is 3.38. The summed E-state index contributed by atoms with van der Waals surface area (Å²) in [5.41, 5.74) is 1.10. The van der Waals surface area contributed by atoms with Crippen molar-refractivity contribution < 1.29 is 13.5 Å². The molecule has 0 radical (unpaired) electrons. The molecule has 26 heavy (non-hydrogen) atoms. The van der Waals surface area contributed by atoms with E-state index in [9.17, 15) is 8.78 Å². The molecule has 1 saturated heterocycles. The van der Waals surface area contributed by atoms with Crippen LogP contribution in [0.2, 0.25) is 0 Å². The summed E-state index contributed by atoms with van der Waals surface area (Å²) in [4.78, 5) is 3.99. The number of hydrogen-bond acceptors (Lipinski definition) is 4. The van der Waals surface area contributed by atoms with Crippen LogP contribution in [-0.4, -0.2) is 38.2 Å². The van der Waals surface area contributed by atoms with Crippen LogP contribution in [0.5, 0.6) is 5.75 Å². The van der Waals surface area contributed by atoms with E-state index in [2.05, 4.69) is 17.9 Å². The zero-order valence-corrected chi connectivity index (χ0v) is 14.9. The Morgan fingerprint density at radius 1 is 1.08 bits per heavy atom. The molecule has 136 valence electrons. The number of benzene rings is 2. The first-order valence-corrected chi connectivity index (χ1v) is 8.55. The molecule has 1 aliphatic rings. The lowest BCUT2D eigenvalue weighted by atomic mass is 10.1. The molecule has 1 aliphatic heterocycles. The van der Waals surface area contributed by atoms with Gasteiger partial charge in [0.2, 0.25) is 0 Å². The Morgan fingerprint density at radius 2 is 1.73 bits per heavy atom. The standard InChI is InChI=1S/C20H21F2N3O/c1-14(16-4-3-5-17(12-16)26-2)24-6-8-25(9-7-24)20-18(21)10-15(13-23)11-19(20)22/h3-5,10-12,14H,6-9H2,1-2H3. The number of hydrogen-bond donors (Lipinski definition) is 0. The number of halogens is 2. The summed E-state index contributed by atoms with van der Waals surface area (Å²) in [6.45, 7) is 4.55. The molecule has 0 aromatic heterocycles. The lowest BCUT2D eigenvalue weighted by molar-refractivity contribution is 0.197. The van der Waals surface area contributed by atoms with Crippen molar-refractivity contribution in [2.24, 2.45) is 0 Å². The van der Waals surface area contributed by atoms with E-state index in [1.165, 1.54) is 0 Å². The van der Waals surface area contributed by atoms with Gasteiger partial charge in [-0.2, -0.15) is 5.26 Å². The van der Waals surface area contributed by atoms with Gasteiger partial charge in [0.25, 0.3) is 0 Å². The van der Waals surface area contributed by atoms with Crippen LogP contribution in [-0.2, 0) is 0 Å². The van der Waals surface area contributed by atoms with E-state index in [1.807, 2.05) is 18.2 Å². The Kier molecular flexibility index (Phi) is 5.38. The zero-order chi connectivity index (χ0) is 18.7. The van der Waals surface area contributed by atoms with E-state index in [0.717, 1.165) is 23.4 Å². The summed E-state index contributed by atoms with van der Waals surface area (Å²) < 4.78 is 33.7. The van der Waals surface area contributed by atoms with Crippen molar-refractivity contribution >= 4 is 5.69 Å². The molecule has 6 heteroatoms. The van der Waals surface area contributed by atoms with Crippen molar-refractivity contribution in [2.75, 3.05) is 38.2 Å². The number of methoxy groups -OCH3 is 1. The van der Waals surface area contributed by atoms with Gasteiger partial charge in [-0.05, 0) is 36.8 Å². The molecule has 2 aromatic carbocycles. The Morgan fingerprint density at radius 3 is 2.31 bits per heavy atom. The van der Waals surface area contributed by atoms with E-state index in [1.54, 1.807) is 18.1 Å². The Bertz CT molecular complexity index is 803. The highest BCUT2D eigenvalue weighted by Crippen LogP contribution is 2.29. The van der Waals surface area contributed by atoms with Crippen LogP contribution in [0.4, 0.5) is 14.5 Å². The minimum absolute atomic E-state index is 0.00552. The summed E-state index contributed by atoms with van der Waals surface area (Å²) in [6.07, 6.45) is 0. The van der Waals surface area contributed by atoms with Gasteiger partial charge in [-0.15, -0.1) is 0 Å². The smallest absolute Gasteiger partial charge is 0.150 e. The third-order valence-electron chi connectivity index (χ3n) is 4.90. The van der Waals surface area contributed by atoms with Crippen LogP contribution >= 0.6 is 0 Å². The van der Waals surface area contributed by atoms with E-state index in [0.29, 0.717) is 26.2 Å². The Hall–Kier alpha value is -2.65. The first-order valence-electron chi connectivity index (χ1n) is 8.55. The second kappa shape index (κ2) is 7.71. The topological polar surface area (TPSA) is 39.5 Å². The minimum atomic E-state index is -0.684. The molecule has 0 bridgehead atoms. The number of anilines is 1. The van der Waals surface area contributed by atoms with Gasteiger partial charge in [-0.1, -0.05) is 12.1 Å². The number of rotatable bonds is 4. The molecule has 0 amide bonds.